The summed E-state index contributed by atoms with van der Waals surface area (Å²) in [6.07, 6.45) is 4.50. The quantitative estimate of drug-likeness (QED) is 0.857. The molecule has 3 heterocycles. The maximum atomic E-state index is 12.5. The van der Waals surface area contributed by atoms with Crippen molar-refractivity contribution in [2.45, 2.75) is 46.1 Å². The first kappa shape index (κ1) is 18.2. The molecule has 1 aliphatic rings. The van der Waals surface area contributed by atoms with E-state index in [9.17, 15) is 9.59 Å². The molecule has 2 amide bonds. The Morgan fingerprint density at radius 2 is 2.19 bits per heavy atom. The summed E-state index contributed by atoms with van der Waals surface area (Å²) in [6.45, 7) is 5.42. The van der Waals surface area contributed by atoms with Crippen LogP contribution in [0.25, 0.3) is 0 Å². The van der Waals surface area contributed by atoms with E-state index >= 15 is 0 Å². The summed E-state index contributed by atoms with van der Waals surface area (Å²) < 4.78 is 10.6. The highest BCUT2D eigenvalue weighted by Crippen LogP contribution is 2.23. The van der Waals surface area contributed by atoms with E-state index in [1.807, 2.05) is 24.0 Å². The lowest BCUT2D eigenvalue weighted by Gasteiger charge is -2.32. The number of nitrogens with zero attached hydrogens (tertiary/aromatic N) is 2. The number of furan rings is 1. The third-order valence-corrected chi connectivity index (χ3v) is 4.79. The van der Waals surface area contributed by atoms with Gasteiger partial charge in [0.2, 0.25) is 5.91 Å². The van der Waals surface area contributed by atoms with Crippen LogP contribution in [0.1, 0.15) is 53.5 Å². The Balaban J connectivity index is 1.44. The van der Waals surface area contributed by atoms with Gasteiger partial charge in [0.25, 0.3) is 5.91 Å². The number of rotatable bonds is 6. The zero-order valence-corrected chi connectivity index (χ0v) is 15.3. The summed E-state index contributed by atoms with van der Waals surface area (Å²) in [5.74, 6) is 2.39. The fraction of sp³-hybridized carbons (Fsp3) is 0.526. The van der Waals surface area contributed by atoms with Crippen LogP contribution in [0.4, 0.5) is 0 Å². The number of amides is 2. The molecule has 1 saturated heterocycles. The molecule has 2 aromatic rings. The average Bonchev–Trinajstić information content (AvgIpc) is 3.26. The molecule has 0 saturated carbocycles. The molecule has 140 valence electrons. The Bertz CT molecular complexity index is 764. The molecule has 7 heteroatoms. The van der Waals surface area contributed by atoms with Crippen molar-refractivity contribution >= 4 is 11.8 Å². The second kappa shape index (κ2) is 8.21. The number of carbonyl (C=O) groups is 2. The van der Waals surface area contributed by atoms with Gasteiger partial charge < -0.3 is 19.1 Å². The highest BCUT2D eigenvalue weighted by atomic mass is 16.3. The van der Waals surface area contributed by atoms with E-state index in [1.165, 1.54) is 6.39 Å². The first-order valence-electron chi connectivity index (χ1n) is 9.04. The number of aromatic nitrogens is 1. The van der Waals surface area contributed by atoms with Gasteiger partial charge in [-0.25, -0.2) is 4.98 Å². The minimum atomic E-state index is -0.0846. The minimum absolute atomic E-state index is 0.00912. The highest BCUT2D eigenvalue weighted by molar-refractivity contribution is 5.93. The van der Waals surface area contributed by atoms with Crippen molar-refractivity contribution in [2.24, 2.45) is 5.92 Å². The Morgan fingerprint density at radius 3 is 2.88 bits per heavy atom. The van der Waals surface area contributed by atoms with Crippen LogP contribution in [0, 0.1) is 19.8 Å². The largest absolute Gasteiger partial charge is 0.465 e. The lowest BCUT2D eigenvalue weighted by atomic mass is 9.93. The van der Waals surface area contributed by atoms with Crippen molar-refractivity contribution in [3.8, 4) is 0 Å². The molecule has 3 rings (SSSR count). The van der Waals surface area contributed by atoms with Crippen LogP contribution in [-0.2, 0) is 11.3 Å². The number of likely N-dealkylation sites (tertiary alicyclic amines) is 1. The van der Waals surface area contributed by atoms with Crippen molar-refractivity contribution in [2.75, 3.05) is 13.1 Å². The lowest BCUT2D eigenvalue weighted by molar-refractivity contribution is -0.121. The number of aryl methyl sites for hydroxylation is 2. The predicted molar refractivity (Wildman–Crippen MR) is 94.4 cm³/mol. The summed E-state index contributed by atoms with van der Waals surface area (Å²) in [5.41, 5.74) is 0.386. The second-order valence-corrected chi connectivity index (χ2v) is 6.84. The topological polar surface area (TPSA) is 88.6 Å². The molecule has 1 atom stereocenters. The molecule has 0 unspecified atom stereocenters. The number of nitrogens with one attached hydrogen (secondary N) is 1. The van der Waals surface area contributed by atoms with Crippen molar-refractivity contribution in [1.82, 2.24) is 15.2 Å². The van der Waals surface area contributed by atoms with Gasteiger partial charge in [-0.05, 0) is 51.2 Å². The van der Waals surface area contributed by atoms with Gasteiger partial charge in [-0.15, -0.1) is 0 Å². The van der Waals surface area contributed by atoms with E-state index in [4.69, 9.17) is 8.83 Å². The average molecular weight is 359 g/mol. The van der Waals surface area contributed by atoms with Crippen LogP contribution < -0.4 is 5.32 Å². The third kappa shape index (κ3) is 4.53. The Morgan fingerprint density at radius 1 is 1.35 bits per heavy atom. The van der Waals surface area contributed by atoms with Crippen LogP contribution in [0.15, 0.2) is 27.4 Å². The monoisotopic (exact) mass is 359 g/mol. The van der Waals surface area contributed by atoms with E-state index in [2.05, 4.69) is 10.3 Å². The van der Waals surface area contributed by atoms with Crippen LogP contribution in [0.2, 0.25) is 0 Å². The zero-order valence-electron chi connectivity index (χ0n) is 15.3. The summed E-state index contributed by atoms with van der Waals surface area (Å²) >= 11 is 0. The molecule has 0 spiro atoms. The standard InChI is InChI=1S/C19H25N3O4/c1-13-5-7-16(26-13)10-20-17(23)8-6-15-4-3-9-22(11-15)19(24)18-14(2)25-12-21-18/h5,7,12,15H,3-4,6,8-11H2,1-2H3,(H,20,23)/t15-/m0/s1. The van der Waals surface area contributed by atoms with E-state index in [0.717, 1.165) is 37.3 Å². The van der Waals surface area contributed by atoms with Crippen molar-refractivity contribution in [3.63, 3.8) is 0 Å². The molecular weight excluding hydrogens is 334 g/mol. The zero-order chi connectivity index (χ0) is 18.5. The second-order valence-electron chi connectivity index (χ2n) is 6.84. The van der Waals surface area contributed by atoms with Gasteiger partial charge in [0.05, 0.1) is 6.54 Å². The van der Waals surface area contributed by atoms with E-state index in [-0.39, 0.29) is 11.8 Å². The van der Waals surface area contributed by atoms with Gasteiger partial charge in [0.1, 0.15) is 17.3 Å². The molecule has 0 aliphatic carbocycles. The van der Waals surface area contributed by atoms with Crippen molar-refractivity contribution < 1.29 is 18.4 Å². The first-order chi connectivity index (χ1) is 12.5. The molecule has 1 N–H and O–H groups in total. The first-order valence-corrected chi connectivity index (χ1v) is 9.04. The van der Waals surface area contributed by atoms with Gasteiger partial charge in [0.15, 0.2) is 12.1 Å². The maximum Gasteiger partial charge on any atom is 0.276 e. The van der Waals surface area contributed by atoms with Crippen molar-refractivity contribution in [3.05, 3.63) is 41.5 Å². The molecule has 0 aromatic carbocycles. The minimum Gasteiger partial charge on any atom is -0.465 e. The molecule has 2 aromatic heterocycles. The maximum absolute atomic E-state index is 12.5. The molecule has 7 nitrogen and oxygen atoms in total. The van der Waals surface area contributed by atoms with Gasteiger partial charge >= 0.3 is 0 Å². The molecule has 26 heavy (non-hydrogen) atoms. The molecular formula is C19H25N3O4. The SMILES string of the molecule is Cc1ccc(CNC(=O)CC[C@@H]2CCCN(C(=O)c3ncoc3C)C2)o1. The van der Waals surface area contributed by atoms with Gasteiger partial charge in [0, 0.05) is 19.5 Å². The summed E-state index contributed by atoms with van der Waals surface area (Å²) in [6, 6.07) is 3.75. The summed E-state index contributed by atoms with van der Waals surface area (Å²) in [5, 5.41) is 2.88. The lowest BCUT2D eigenvalue weighted by Crippen LogP contribution is -2.40. The number of hydrogen-bond donors (Lipinski definition) is 1. The molecule has 1 fully saturated rings. The van der Waals surface area contributed by atoms with Crippen LogP contribution in [-0.4, -0.2) is 34.8 Å². The van der Waals surface area contributed by atoms with Gasteiger partial charge in [-0.2, -0.15) is 0 Å². The number of hydrogen-bond acceptors (Lipinski definition) is 5. The van der Waals surface area contributed by atoms with Crippen molar-refractivity contribution in [1.29, 1.82) is 0 Å². The van der Waals surface area contributed by atoms with Crippen LogP contribution in [0.5, 0.6) is 0 Å². The van der Waals surface area contributed by atoms with Crippen LogP contribution >= 0.6 is 0 Å². The van der Waals surface area contributed by atoms with Crippen LogP contribution in [0.3, 0.4) is 0 Å². The molecule has 0 bridgehead atoms. The summed E-state index contributed by atoms with van der Waals surface area (Å²) in [4.78, 5) is 30.4. The Hall–Kier alpha value is -2.57. The fourth-order valence-electron chi connectivity index (χ4n) is 3.33. The number of piperidine rings is 1. The third-order valence-electron chi connectivity index (χ3n) is 4.79. The number of oxazole rings is 1. The number of carbonyl (C=O) groups excluding carboxylic acids is 2. The predicted octanol–water partition coefficient (Wildman–Crippen LogP) is 2.83. The highest BCUT2D eigenvalue weighted by Gasteiger charge is 2.27. The smallest absolute Gasteiger partial charge is 0.276 e. The van der Waals surface area contributed by atoms with E-state index in [0.29, 0.717) is 36.9 Å². The van der Waals surface area contributed by atoms with Gasteiger partial charge in [-0.3, -0.25) is 9.59 Å². The normalized spacial score (nSPS) is 17.3. The Labute approximate surface area is 152 Å². The Kier molecular flexibility index (Phi) is 5.75. The van der Waals surface area contributed by atoms with E-state index < -0.39 is 0 Å². The molecule has 0 radical (unpaired) electrons. The van der Waals surface area contributed by atoms with Gasteiger partial charge in [-0.1, -0.05) is 0 Å². The van der Waals surface area contributed by atoms with E-state index in [1.54, 1.807) is 6.92 Å². The fourth-order valence-corrected chi connectivity index (χ4v) is 3.33. The summed E-state index contributed by atoms with van der Waals surface area (Å²) in [7, 11) is 0. The molecule has 1 aliphatic heterocycles.